The van der Waals surface area contributed by atoms with Crippen LogP contribution < -0.4 is 11.2 Å². The van der Waals surface area contributed by atoms with Gasteiger partial charge >= 0.3 is 0 Å². The van der Waals surface area contributed by atoms with Gasteiger partial charge in [0, 0.05) is 6.07 Å². The Labute approximate surface area is 162 Å². The van der Waals surface area contributed by atoms with Crippen LogP contribution in [0.3, 0.4) is 0 Å². The standard InChI is InChI=1S/C22H21FN2O3/c1-3-28-17-10-9-16(23)8-7-15(11-17)18-5-4-6-19(14(18)2)25-13-21(27)20(26)12-22(25)24/h4-6,9-13,15-16,27H,3,24H2,1-2H3. The molecule has 1 aliphatic carbocycles. The lowest BCUT2D eigenvalue weighted by atomic mass is 9.92. The van der Waals surface area contributed by atoms with Crippen molar-refractivity contribution in [1.82, 2.24) is 4.57 Å². The van der Waals surface area contributed by atoms with Crippen molar-refractivity contribution in [3.8, 4) is 23.3 Å². The van der Waals surface area contributed by atoms with Crippen LogP contribution in [-0.2, 0) is 4.74 Å². The molecule has 0 fully saturated rings. The third-order valence-electron chi connectivity index (χ3n) is 4.45. The Balaban J connectivity index is 2.14. The van der Waals surface area contributed by atoms with Gasteiger partial charge in [0.05, 0.1) is 24.4 Å². The first-order valence-corrected chi connectivity index (χ1v) is 8.89. The first kappa shape index (κ1) is 19.3. The molecule has 5 nitrogen and oxygen atoms in total. The highest BCUT2D eigenvalue weighted by Gasteiger charge is 2.16. The summed E-state index contributed by atoms with van der Waals surface area (Å²) >= 11 is 0. The Morgan fingerprint density at radius 1 is 1.36 bits per heavy atom. The second-order valence-corrected chi connectivity index (χ2v) is 6.34. The number of halogens is 1. The van der Waals surface area contributed by atoms with Crippen LogP contribution in [0.2, 0.25) is 0 Å². The maximum Gasteiger partial charge on any atom is 0.225 e. The number of pyridine rings is 1. The van der Waals surface area contributed by atoms with Gasteiger partial charge in [0.25, 0.3) is 0 Å². The molecular weight excluding hydrogens is 359 g/mol. The van der Waals surface area contributed by atoms with E-state index >= 15 is 0 Å². The number of ether oxygens (including phenoxy) is 1. The zero-order valence-electron chi connectivity index (χ0n) is 15.6. The predicted octanol–water partition coefficient (Wildman–Crippen LogP) is 3.35. The van der Waals surface area contributed by atoms with Gasteiger partial charge in [-0.3, -0.25) is 9.36 Å². The lowest BCUT2D eigenvalue weighted by molar-refractivity contribution is 0.240. The molecule has 1 aromatic carbocycles. The molecule has 2 aromatic rings. The molecule has 0 aliphatic heterocycles. The molecule has 0 amide bonds. The number of anilines is 1. The van der Waals surface area contributed by atoms with E-state index in [1.54, 1.807) is 6.08 Å². The van der Waals surface area contributed by atoms with Crippen molar-refractivity contribution in [3.63, 3.8) is 0 Å². The van der Waals surface area contributed by atoms with E-state index in [9.17, 15) is 14.3 Å². The average molecular weight is 380 g/mol. The van der Waals surface area contributed by atoms with Gasteiger partial charge in [0.2, 0.25) is 5.43 Å². The van der Waals surface area contributed by atoms with Gasteiger partial charge < -0.3 is 15.6 Å². The minimum Gasteiger partial charge on any atom is -0.503 e. The largest absolute Gasteiger partial charge is 0.503 e. The summed E-state index contributed by atoms with van der Waals surface area (Å²) in [6.45, 7) is 4.20. The zero-order valence-corrected chi connectivity index (χ0v) is 15.6. The van der Waals surface area contributed by atoms with Crippen molar-refractivity contribution in [1.29, 1.82) is 0 Å². The van der Waals surface area contributed by atoms with Crippen molar-refractivity contribution in [3.05, 3.63) is 75.8 Å². The van der Waals surface area contributed by atoms with Crippen molar-refractivity contribution >= 4 is 5.82 Å². The highest BCUT2D eigenvalue weighted by atomic mass is 19.1. The molecule has 6 heteroatoms. The number of allylic oxidation sites excluding steroid dienone is 3. The van der Waals surface area contributed by atoms with Crippen LogP contribution in [0.15, 0.2) is 59.2 Å². The minimum absolute atomic E-state index is 0.198. The van der Waals surface area contributed by atoms with Gasteiger partial charge in [-0.1, -0.05) is 24.0 Å². The predicted molar refractivity (Wildman–Crippen MR) is 107 cm³/mol. The topological polar surface area (TPSA) is 77.5 Å². The number of alkyl halides is 1. The molecule has 1 heterocycles. The Morgan fingerprint density at radius 3 is 2.89 bits per heavy atom. The van der Waals surface area contributed by atoms with E-state index in [1.807, 2.05) is 38.1 Å². The Hall–Kier alpha value is -3.46. The Bertz CT molecular complexity index is 1070. The summed E-state index contributed by atoms with van der Waals surface area (Å²) in [6.07, 6.45) is 4.71. The first-order valence-electron chi connectivity index (χ1n) is 8.89. The van der Waals surface area contributed by atoms with Crippen LogP contribution >= 0.6 is 0 Å². The van der Waals surface area contributed by atoms with Crippen LogP contribution in [0.1, 0.15) is 24.0 Å². The SMILES string of the molecule is CCOC1=CC(c2cccc(-n3cc(O)c(=O)cc3N)c2C)C#CC(F)C=C1. The van der Waals surface area contributed by atoms with E-state index in [4.69, 9.17) is 10.5 Å². The zero-order chi connectivity index (χ0) is 20.3. The summed E-state index contributed by atoms with van der Waals surface area (Å²) in [6, 6.07) is 6.71. The molecule has 0 spiro atoms. The van der Waals surface area contributed by atoms with Crippen molar-refractivity contribution in [2.75, 3.05) is 12.3 Å². The molecule has 0 bridgehead atoms. The molecule has 3 rings (SSSR count). The van der Waals surface area contributed by atoms with Crippen LogP contribution in [0.4, 0.5) is 10.2 Å². The number of nitrogen functional groups attached to an aromatic ring is 1. The summed E-state index contributed by atoms with van der Waals surface area (Å²) in [5.74, 6) is 5.52. The molecule has 0 saturated heterocycles. The summed E-state index contributed by atoms with van der Waals surface area (Å²) in [5.41, 5.74) is 7.81. The fourth-order valence-corrected chi connectivity index (χ4v) is 3.07. The lowest BCUT2D eigenvalue weighted by Crippen LogP contribution is -2.12. The maximum atomic E-state index is 13.9. The number of benzene rings is 1. The monoisotopic (exact) mass is 380 g/mol. The number of hydrogen-bond acceptors (Lipinski definition) is 4. The van der Waals surface area contributed by atoms with Gasteiger partial charge in [-0.25, -0.2) is 4.39 Å². The van der Waals surface area contributed by atoms with E-state index in [0.717, 1.165) is 11.1 Å². The van der Waals surface area contributed by atoms with Crippen molar-refractivity contribution in [2.45, 2.75) is 25.9 Å². The van der Waals surface area contributed by atoms with Crippen LogP contribution in [0, 0.1) is 18.8 Å². The Morgan fingerprint density at radius 2 is 2.14 bits per heavy atom. The van der Waals surface area contributed by atoms with Crippen LogP contribution in [-0.4, -0.2) is 22.5 Å². The number of rotatable bonds is 4. The quantitative estimate of drug-likeness (QED) is 0.798. The van der Waals surface area contributed by atoms with E-state index in [-0.39, 0.29) is 11.7 Å². The molecular formula is C22H21FN2O3. The van der Waals surface area contributed by atoms with E-state index in [1.165, 1.54) is 22.9 Å². The maximum absolute atomic E-state index is 13.9. The fourth-order valence-electron chi connectivity index (χ4n) is 3.07. The third-order valence-corrected chi connectivity index (χ3v) is 4.45. The molecule has 3 N–H and O–H groups in total. The molecule has 2 atom stereocenters. The molecule has 1 aliphatic rings. The summed E-state index contributed by atoms with van der Waals surface area (Å²) in [7, 11) is 0. The summed E-state index contributed by atoms with van der Waals surface area (Å²) < 4.78 is 21.0. The smallest absolute Gasteiger partial charge is 0.225 e. The highest BCUT2D eigenvalue weighted by Crippen LogP contribution is 2.29. The number of aromatic nitrogens is 1. The second kappa shape index (κ2) is 8.05. The fraction of sp³-hybridized carbons (Fsp3) is 0.227. The average Bonchev–Trinajstić information content (AvgIpc) is 2.65. The van der Waals surface area contributed by atoms with Crippen molar-refractivity contribution in [2.24, 2.45) is 0 Å². The van der Waals surface area contributed by atoms with Gasteiger partial charge in [-0.15, -0.1) is 0 Å². The highest BCUT2D eigenvalue weighted by molar-refractivity contribution is 5.55. The molecule has 144 valence electrons. The van der Waals surface area contributed by atoms with E-state index in [0.29, 0.717) is 18.1 Å². The molecule has 2 unspecified atom stereocenters. The molecule has 28 heavy (non-hydrogen) atoms. The number of nitrogens with zero attached hydrogens (tertiary/aromatic N) is 1. The number of hydrogen-bond donors (Lipinski definition) is 2. The van der Waals surface area contributed by atoms with Gasteiger partial charge in [-0.05, 0) is 49.3 Å². The van der Waals surface area contributed by atoms with Gasteiger partial charge in [-0.2, -0.15) is 0 Å². The lowest BCUT2D eigenvalue weighted by Gasteiger charge is -2.19. The van der Waals surface area contributed by atoms with E-state index in [2.05, 4.69) is 11.8 Å². The van der Waals surface area contributed by atoms with Gasteiger partial charge in [0.1, 0.15) is 11.6 Å². The number of nitrogens with two attached hydrogens (primary N) is 1. The number of aromatic hydroxyl groups is 1. The first-order chi connectivity index (χ1) is 13.4. The van der Waals surface area contributed by atoms with Gasteiger partial charge in [0.15, 0.2) is 11.9 Å². The molecule has 0 radical (unpaired) electrons. The minimum atomic E-state index is -1.37. The van der Waals surface area contributed by atoms with Crippen LogP contribution in [0.25, 0.3) is 5.69 Å². The normalized spacial score (nSPS) is 18.5. The summed E-state index contributed by atoms with van der Waals surface area (Å²) in [4.78, 5) is 11.6. The third kappa shape index (κ3) is 3.94. The van der Waals surface area contributed by atoms with Crippen molar-refractivity contribution < 1.29 is 14.2 Å². The molecule has 1 aromatic heterocycles. The Kier molecular flexibility index (Phi) is 5.55. The van der Waals surface area contributed by atoms with Crippen LogP contribution in [0.5, 0.6) is 5.75 Å². The summed E-state index contributed by atoms with van der Waals surface area (Å²) in [5, 5.41) is 9.80. The van der Waals surface area contributed by atoms with E-state index < -0.39 is 17.3 Å². The molecule has 0 saturated carbocycles. The second-order valence-electron chi connectivity index (χ2n) is 6.34.